The summed E-state index contributed by atoms with van der Waals surface area (Å²) >= 11 is 6.11. The van der Waals surface area contributed by atoms with Gasteiger partial charge < -0.3 is 10.2 Å². The van der Waals surface area contributed by atoms with Crippen LogP contribution in [-0.4, -0.2) is 24.4 Å². The fraction of sp³-hybridized carbons (Fsp3) is 0.500. The van der Waals surface area contributed by atoms with E-state index in [1.807, 2.05) is 32.9 Å². The van der Waals surface area contributed by atoms with Gasteiger partial charge in [0.05, 0.1) is 0 Å². The van der Waals surface area contributed by atoms with Crippen LogP contribution in [0.25, 0.3) is 0 Å². The van der Waals surface area contributed by atoms with Crippen LogP contribution in [0.5, 0.6) is 0 Å². The lowest BCUT2D eigenvalue weighted by Gasteiger charge is -2.20. The molecule has 0 spiro atoms. The van der Waals surface area contributed by atoms with Gasteiger partial charge in [-0.1, -0.05) is 24.6 Å². The van der Waals surface area contributed by atoms with E-state index in [2.05, 4.69) is 5.32 Å². The predicted molar refractivity (Wildman–Crippen MR) is 84.5 cm³/mol. The van der Waals surface area contributed by atoms with Crippen molar-refractivity contribution in [1.29, 1.82) is 0 Å². The number of carbonyl (C=O) groups is 2. The Labute approximate surface area is 130 Å². The van der Waals surface area contributed by atoms with Crippen LogP contribution in [0.2, 0.25) is 5.02 Å². The molecular formula is C16H21ClN2O2. The number of rotatable bonds is 4. The van der Waals surface area contributed by atoms with E-state index in [1.165, 1.54) is 0 Å². The summed E-state index contributed by atoms with van der Waals surface area (Å²) in [5, 5.41) is 3.52. The highest BCUT2D eigenvalue weighted by molar-refractivity contribution is 6.31. The predicted octanol–water partition coefficient (Wildman–Crippen LogP) is 2.92. The van der Waals surface area contributed by atoms with Gasteiger partial charge in [0.25, 0.3) is 0 Å². The van der Waals surface area contributed by atoms with E-state index in [-0.39, 0.29) is 17.9 Å². The highest BCUT2D eigenvalue weighted by Gasteiger charge is 2.38. The minimum atomic E-state index is -0.586. The van der Waals surface area contributed by atoms with Crippen LogP contribution in [0, 0.1) is 12.8 Å². The van der Waals surface area contributed by atoms with Gasteiger partial charge in [0.15, 0.2) is 0 Å². The van der Waals surface area contributed by atoms with E-state index in [0.717, 1.165) is 17.7 Å². The van der Waals surface area contributed by atoms with Gasteiger partial charge in [-0.3, -0.25) is 9.59 Å². The number of halogens is 1. The van der Waals surface area contributed by atoms with Crippen molar-refractivity contribution in [3.05, 3.63) is 28.8 Å². The van der Waals surface area contributed by atoms with Crippen LogP contribution in [0.4, 0.5) is 5.69 Å². The first-order valence-corrected chi connectivity index (χ1v) is 7.70. The average Bonchev–Trinajstić information content (AvgIpc) is 2.83. The maximum atomic E-state index is 12.5. The van der Waals surface area contributed by atoms with E-state index in [4.69, 9.17) is 11.6 Å². The molecule has 1 N–H and O–H groups in total. The Bertz CT molecular complexity index is 559. The SMILES string of the molecule is CCC(C)NC(=O)C1CCN(c2cccc(Cl)c2C)C1=O. The summed E-state index contributed by atoms with van der Waals surface area (Å²) in [6, 6.07) is 5.58. The fourth-order valence-electron chi connectivity index (χ4n) is 2.50. The minimum Gasteiger partial charge on any atom is -0.353 e. The molecule has 1 aromatic rings. The van der Waals surface area contributed by atoms with E-state index in [9.17, 15) is 9.59 Å². The molecular weight excluding hydrogens is 288 g/mol. The summed E-state index contributed by atoms with van der Waals surface area (Å²) in [5.41, 5.74) is 1.67. The molecule has 1 aromatic carbocycles. The molecule has 5 heteroatoms. The van der Waals surface area contributed by atoms with Gasteiger partial charge in [-0.15, -0.1) is 0 Å². The molecule has 0 aliphatic carbocycles. The van der Waals surface area contributed by atoms with Crippen molar-refractivity contribution in [2.75, 3.05) is 11.4 Å². The van der Waals surface area contributed by atoms with Gasteiger partial charge in [0.2, 0.25) is 11.8 Å². The van der Waals surface area contributed by atoms with Crippen molar-refractivity contribution < 1.29 is 9.59 Å². The topological polar surface area (TPSA) is 49.4 Å². The van der Waals surface area contributed by atoms with Crippen LogP contribution in [-0.2, 0) is 9.59 Å². The third-order valence-corrected chi connectivity index (χ3v) is 4.46. The Balaban J connectivity index is 2.15. The molecule has 1 heterocycles. The van der Waals surface area contributed by atoms with Gasteiger partial charge in [0.1, 0.15) is 5.92 Å². The summed E-state index contributed by atoms with van der Waals surface area (Å²) in [6.45, 7) is 6.38. The normalized spacial score (nSPS) is 19.7. The molecule has 2 amide bonds. The van der Waals surface area contributed by atoms with Crippen molar-refractivity contribution in [3.8, 4) is 0 Å². The summed E-state index contributed by atoms with van der Waals surface area (Å²) in [7, 11) is 0. The molecule has 0 saturated carbocycles. The molecule has 1 saturated heterocycles. The lowest BCUT2D eigenvalue weighted by Crippen LogP contribution is -2.40. The third-order valence-electron chi connectivity index (χ3n) is 4.05. The van der Waals surface area contributed by atoms with E-state index < -0.39 is 5.92 Å². The highest BCUT2D eigenvalue weighted by atomic mass is 35.5. The van der Waals surface area contributed by atoms with Crippen molar-refractivity contribution in [2.24, 2.45) is 5.92 Å². The highest BCUT2D eigenvalue weighted by Crippen LogP contribution is 2.31. The first-order valence-electron chi connectivity index (χ1n) is 7.32. The molecule has 0 aromatic heterocycles. The van der Waals surface area contributed by atoms with Gasteiger partial charge in [-0.2, -0.15) is 0 Å². The zero-order chi connectivity index (χ0) is 15.6. The van der Waals surface area contributed by atoms with Crippen LogP contribution in [0.3, 0.4) is 0 Å². The molecule has 1 fully saturated rings. The van der Waals surface area contributed by atoms with Crippen LogP contribution < -0.4 is 10.2 Å². The second kappa shape index (κ2) is 6.48. The molecule has 0 bridgehead atoms. The number of hydrogen-bond acceptors (Lipinski definition) is 2. The molecule has 4 nitrogen and oxygen atoms in total. The monoisotopic (exact) mass is 308 g/mol. The van der Waals surface area contributed by atoms with Gasteiger partial charge in [-0.25, -0.2) is 0 Å². The fourth-order valence-corrected chi connectivity index (χ4v) is 2.67. The molecule has 1 aliphatic rings. The van der Waals surface area contributed by atoms with Crippen molar-refractivity contribution in [3.63, 3.8) is 0 Å². The number of amides is 2. The first kappa shape index (κ1) is 15.8. The standard InChI is InChI=1S/C16H21ClN2O2/c1-4-10(2)18-15(20)12-8-9-19(16(12)21)14-7-5-6-13(17)11(14)3/h5-7,10,12H,4,8-9H2,1-3H3,(H,18,20). The molecule has 114 valence electrons. The summed E-state index contributed by atoms with van der Waals surface area (Å²) in [4.78, 5) is 26.3. The molecule has 21 heavy (non-hydrogen) atoms. The second-order valence-corrected chi connectivity index (χ2v) is 5.94. The van der Waals surface area contributed by atoms with Crippen LogP contribution in [0.1, 0.15) is 32.3 Å². The van der Waals surface area contributed by atoms with Crippen molar-refractivity contribution in [2.45, 2.75) is 39.7 Å². The van der Waals surface area contributed by atoms with E-state index >= 15 is 0 Å². The van der Waals surface area contributed by atoms with E-state index in [0.29, 0.717) is 18.0 Å². The summed E-state index contributed by atoms with van der Waals surface area (Å²) < 4.78 is 0. The Morgan fingerprint density at radius 3 is 2.90 bits per heavy atom. The van der Waals surface area contributed by atoms with Gasteiger partial charge in [0, 0.05) is 23.3 Å². The molecule has 1 aliphatic heterocycles. The van der Waals surface area contributed by atoms with Gasteiger partial charge in [-0.05, 0) is 44.4 Å². The van der Waals surface area contributed by atoms with Crippen LogP contribution in [0.15, 0.2) is 18.2 Å². The number of carbonyl (C=O) groups excluding carboxylic acids is 2. The smallest absolute Gasteiger partial charge is 0.239 e. The largest absolute Gasteiger partial charge is 0.353 e. The Kier molecular flexibility index (Phi) is 4.88. The zero-order valence-corrected chi connectivity index (χ0v) is 13.4. The summed E-state index contributed by atoms with van der Waals surface area (Å²) in [6.07, 6.45) is 1.40. The van der Waals surface area contributed by atoms with Gasteiger partial charge >= 0.3 is 0 Å². The summed E-state index contributed by atoms with van der Waals surface area (Å²) in [5.74, 6) is -0.893. The quantitative estimate of drug-likeness (QED) is 0.870. The minimum absolute atomic E-state index is 0.0901. The molecule has 2 atom stereocenters. The van der Waals surface area contributed by atoms with Crippen molar-refractivity contribution >= 4 is 29.1 Å². The third kappa shape index (κ3) is 3.21. The Morgan fingerprint density at radius 1 is 1.52 bits per heavy atom. The maximum absolute atomic E-state index is 12.5. The number of hydrogen-bond donors (Lipinski definition) is 1. The average molecular weight is 309 g/mol. The molecule has 2 rings (SSSR count). The van der Waals surface area contributed by atoms with Crippen molar-refractivity contribution in [1.82, 2.24) is 5.32 Å². The lowest BCUT2D eigenvalue weighted by molar-refractivity contribution is -0.132. The number of anilines is 1. The lowest BCUT2D eigenvalue weighted by atomic mass is 10.1. The number of nitrogens with one attached hydrogen (secondary N) is 1. The Hall–Kier alpha value is -1.55. The first-order chi connectivity index (χ1) is 9.95. The number of benzene rings is 1. The Morgan fingerprint density at radius 2 is 2.24 bits per heavy atom. The van der Waals surface area contributed by atoms with Crippen LogP contribution >= 0.6 is 11.6 Å². The molecule has 0 radical (unpaired) electrons. The maximum Gasteiger partial charge on any atom is 0.239 e. The number of nitrogens with zero attached hydrogens (tertiary/aromatic N) is 1. The second-order valence-electron chi connectivity index (χ2n) is 5.53. The zero-order valence-electron chi connectivity index (χ0n) is 12.6. The molecule has 2 unspecified atom stereocenters. The van der Waals surface area contributed by atoms with E-state index in [1.54, 1.807) is 11.0 Å².